The predicted octanol–water partition coefficient (Wildman–Crippen LogP) is 3.99. The summed E-state index contributed by atoms with van der Waals surface area (Å²) in [5.74, 6) is 0. The van der Waals surface area contributed by atoms with Crippen molar-refractivity contribution in [2.45, 2.75) is 32.7 Å². The van der Waals surface area contributed by atoms with Crippen LogP contribution in [-0.4, -0.2) is 18.1 Å². The largest absolute Gasteiger partial charge is 0.379 e. The first kappa shape index (κ1) is 13.9. The second-order valence-corrected chi connectivity index (χ2v) is 5.73. The van der Waals surface area contributed by atoms with Crippen molar-refractivity contribution in [3.05, 3.63) is 53.9 Å². The summed E-state index contributed by atoms with van der Waals surface area (Å²) in [7, 11) is 0. The van der Waals surface area contributed by atoms with E-state index in [0.717, 1.165) is 17.9 Å². The Kier molecular flexibility index (Phi) is 4.39. The summed E-state index contributed by atoms with van der Waals surface area (Å²) in [6.45, 7) is 5.28. The van der Waals surface area contributed by atoms with Crippen molar-refractivity contribution in [3.8, 4) is 0 Å². The standard InChI is InChI=1S/C18H23N3/c1-15-13-19-17(14-20-16-8-4-2-5-9-16)12-18(15)21-10-6-3-7-11-21/h2,4-5,8-9,12-13,20H,3,6-7,10-11,14H2,1H3. The van der Waals surface area contributed by atoms with Gasteiger partial charge in [-0.05, 0) is 49.9 Å². The molecule has 0 amide bonds. The molecular weight excluding hydrogens is 258 g/mol. The molecule has 1 saturated heterocycles. The lowest BCUT2D eigenvalue weighted by atomic mass is 10.1. The average molecular weight is 281 g/mol. The number of nitrogens with zero attached hydrogens (tertiary/aromatic N) is 2. The minimum Gasteiger partial charge on any atom is -0.379 e. The van der Waals surface area contributed by atoms with E-state index < -0.39 is 0 Å². The third kappa shape index (κ3) is 3.54. The highest BCUT2D eigenvalue weighted by molar-refractivity contribution is 5.54. The Balaban J connectivity index is 1.71. The van der Waals surface area contributed by atoms with E-state index in [1.54, 1.807) is 0 Å². The molecule has 1 aliphatic heterocycles. The summed E-state index contributed by atoms with van der Waals surface area (Å²) >= 11 is 0. The van der Waals surface area contributed by atoms with Gasteiger partial charge in [-0.3, -0.25) is 4.98 Å². The molecule has 2 aromatic rings. The molecule has 1 fully saturated rings. The molecule has 1 aliphatic rings. The Bertz CT molecular complexity index is 574. The van der Waals surface area contributed by atoms with Crippen LogP contribution in [0, 0.1) is 6.92 Å². The monoisotopic (exact) mass is 281 g/mol. The molecule has 1 aromatic carbocycles. The number of aromatic nitrogens is 1. The number of hydrogen-bond donors (Lipinski definition) is 1. The molecule has 1 aromatic heterocycles. The van der Waals surface area contributed by atoms with E-state index in [1.165, 1.54) is 43.6 Å². The van der Waals surface area contributed by atoms with Crippen molar-refractivity contribution in [1.29, 1.82) is 0 Å². The van der Waals surface area contributed by atoms with Crippen LogP contribution in [0.2, 0.25) is 0 Å². The lowest BCUT2D eigenvalue weighted by Crippen LogP contribution is -2.30. The summed E-state index contributed by atoms with van der Waals surface area (Å²) in [5.41, 5.74) is 4.87. The van der Waals surface area contributed by atoms with Crippen molar-refractivity contribution < 1.29 is 0 Å². The molecule has 0 spiro atoms. The summed E-state index contributed by atoms with van der Waals surface area (Å²) in [6, 6.07) is 12.5. The van der Waals surface area contributed by atoms with Crippen LogP contribution in [0.1, 0.15) is 30.5 Å². The van der Waals surface area contributed by atoms with Gasteiger partial charge in [-0.1, -0.05) is 18.2 Å². The highest BCUT2D eigenvalue weighted by Gasteiger charge is 2.13. The van der Waals surface area contributed by atoms with Gasteiger partial charge in [-0.25, -0.2) is 0 Å². The number of rotatable bonds is 4. The maximum atomic E-state index is 4.56. The van der Waals surface area contributed by atoms with Crippen LogP contribution >= 0.6 is 0 Å². The maximum absolute atomic E-state index is 4.56. The number of anilines is 2. The van der Waals surface area contributed by atoms with Crippen LogP contribution in [0.5, 0.6) is 0 Å². The summed E-state index contributed by atoms with van der Waals surface area (Å²) < 4.78 is 0. The van der Waals surface area contributed by atoms with Crippen LogP contribution in [0.25, 0.3) is 0 Å². The van der Waals surface area contributed by atoms with Gasteiger partial charge in [-0.15, -0.1) is 0 Å². The SMILES string of the molecule is Cc1cnc(CNc2ccccc2)cc1N1CCCCC1. The van der Waals surface area contributed by atoms with Crippen LogP contribution in [-0.2, 0) is 6.54 Å². The fourth-order valence-electron chi connectivity index (χ4n) is 2.88. The molecule has 110 valence electrons. The molecule has 3 rings (SSSR count). The lowest BCUT2D eigenvalue weighted by molar-refractivity contribution is 0.576. The molecule has 2 heterocycles. The number of pyridine rings is 1. The minimum atomic E-state index is 0.769. The van der Waals surface area contributed by atoms with Gasteiger partial charge in [0.25, 0.3) is 0 Å². The maximum Gasteiger partial charge on any atom is 0.0615 e. The Morgan fingerprint density at radius 3 is 2.62 bits per heavy atom. The first-order valence-electron chi connectivity index (χ1n) is 7.82. The van der Waals surface area contributed by atoms with Crippen LogP contribution in [0.3, 0.4) is 0 Å². The van der Waals surface area contributed by atoms with Crippen molar-refractivity contribution >= 4 is 11.4 Å². The predicted molar refractivity (Wildman–Crippen MR) is 88.8 cm³/mol. The van der Waals surface area contributed by atoms with E-state index in [4.69, 9.17) is 0 Å². The second-order valence-electron chi connectivity index (χ2n) is 5.73. The van der Waals surface area contributed by atoms with E-state index in [9.17, 15) is 0 Å². The highest BCUT2D eigenvalue weighted by atomic mass is 15.1. The zero-order valence-electron chi connectivity index (χ0n) is 12.7. The Hall–Kier alpha value is -2.03. The quantitative estimate of drug-likeness (QED) is 0.918. The van der Waals surface area contributed by atoms with Crippen LogP contribution in [0.15, 0.2) is 42.6 Å². The smallest absolute Gasteiger partial charge is 0.0615 e. The zero-order chi connectivity index (χ0) is 14.5. The molecule has 3 nitrogen and oxygen atoms in total. The normalized spacial score (nSPS) is 15.0. The van der Waals surface area contributed by atoms with Gasteiger partial charge < -0.3 is 10.2 Å². The lowest BCUT2D eigenvalue weighted by Gasteiger charge is -2.30. The van der Waals surface area contributed by atoms with Gasteiger partial charge in [0.15, 0.2) is 0 Å². The molecule has 0 unspecified atom stereocenters. The number of piperidine rings is 1. The third-order valence-corrected chi connectivity index (χ3v) is 4.08. The number of benzene rings is 1. The molecule has 3 heteroatoms. The van der Waals surface area contributed by atoms with Crippen molar-refractivity contribution in [2.75, 3.05) is 23.3 Å². The molecule has 0 aliphatic carbocycles. The van der Waals surface area contributed by atoms with Crippen molar-refractivity contribution in [1.82, 2.24) is 4.98 Å². The molecule has 0 saturated carbocycles. The minimum absolute atomic E-state index is 0.769. The fourth-order valence-corrected chi connectivity index (χ4v) is 2.88. The van der Waals surface area contributed by atoms with Crippen LogP contribution < -0.4 is 10.2 Å². The van der Waals surface area contributed by atoms with E-state index in [0.29, 0.717) is 0 Å². The second kappa shape index (κ2) is 6.61. The highest BCUT2D eigenvalue weighted by Crippen LogP contribution is 2.24. The first-order chi connectivity index (χ1) is 10.3. The number of aryl methyl sites for hydroxylation is 1. The average Bonchev–Trinajstić information content (AvgIpc) is 2.56. The van der Waals surface area contributed by atoms with E-state index >= 15 is 0 Å². The number of hydrogen-bond acceptors (Lipinski definition) is 3. The summed E-state index contributed by atoms with van der Waals surface area (Å²) in [5, 5.41) is 3.43. The van der Waals surface area contributed by atoms with E-state index in [-0.39, 0.29) is 0 Å². The summed E-state index contributed by atoms with van der Waals surface area (Å²) in [4.78, 5) is 7.07. The molecule has 1 N–H and O–H groups in total. The fraction of sp³-hybridized carbons (Fsp3) is 0.389. The van der Waals surface area contributed by atoms with E-state index in [1.807, 2.05) is 24.4 Å². The first-order valence-corrected chi connectivity index (χ1v) is 7.82. The van der Waals surface area contributed by atoms with Gasteiger partial charge in [0.05, 0.1) is 12.2 Å². The van der Waals surface area contributed by atoms with Gasteiger partial charge in [0, 0.05) is 30.7 Å². The number of para-hydroxylation sites is 1. The van der Waals surface area contributed by atoms with Gasteiger partial charge >= 0.3 is 0 Å². The third-order valence-electron chi connectivity index (χ3n) is 4.08. The Morgan fingerprint density at radius 1 is 1.10 bits per heavy atom. The van der Waals surface area contributed by atoms with Crippen molar-refractivity contribution in [2.24, 2.45) is 0 Å². The van der Waals surface area contributed by atoms with Crippen molar-refractivity contribution in [3.63, 3.8) is 0 Å². The molecule has 0 radical (unpaired) electrons. The number of nitrogens with one attached hydrogen (secondary N) is 1. The Labute approximate surface area is 127 Å². The van der Waals surface area contributed by atoms with Crippen LogP contribution in [0.4, 0.5) is 11.4 Å². The summed E-state index contributed by atoms with van der Waals surface area (Å²) in [6.07, 6.45) is 5.98. The van der Waals surface area contributed by atoms with Gasteiger partial charge in [0.1, 0.15) is 0 Å². The van der Waals surface area contributed by atoms with Gasteiger partial charge in [-0.2, -0.15) is 0 Å². The molecular formula is C18H23N3. The zero-order valence-corrected chi connectivity index (χ0v) is 12.7. The molecule has 0 atom stereocenters. The molecule has 0 bridgehead atoms. The topological polar surface area (TPSA) is 28.2 Å². The van der Waals surface area contributed by atoms with E-state index in [2.05, 4.69) is 40.3 Å². The Morgan fingerprint density at radius 2 is 1.86 bits per heavy atom. The molecule has 21 heavy (non-hydrogen) atoms. The van der Waals surface area contributed by atoms with Gasteiger partial charge in [0.2, 0.25) is 0 Å².